The van der Waals surface area contributed by atoms with Crippen LogP contribution < -0.4 is 5.32 Å². The van der Waals surface area contributed by atoms with E-state index in [1.54, 1.807) is 7.11 Å². The fourth-order valence-corrected chi connectivity index (χ4v) is 2.46. The standard InChI is InChI=1S/C14H28N2O2/c1-4-12(5-2)10-15-13-6-8-16(9-7-13)14(17)11-18-3/h12-13,15H,4-11H2,1-3H3. The van der Waals surface area contributed by atoms with Crippen molar-refractivity contribution in [2.75, 3.05) is 33.4 Å². The molecule has 0 radical (unpaired) electrons. The highest BCUT2D eigenvalue weighted by molar-refractivity contribution is 5.77. The van der Waals surface area contributed by atoms with Gasteiger partial charge < -0.3 is 15.0 Å². The molecule has 106 valence electrons. The van der Waals surface area contributed by atoms with Gasteiger partial charge in [0.1, 0.15) is 6.61 Å². The Morgan fingerprint density at radius 2 is 1.94 bits per heavy atom. The zero-order valence-electron chi connectivity index (χ0n) is 12.1. The van der Waals surface area contributed by atoms with Gasteiger partial charge in [0.2, 0.25) is 5.91 Å². The molecule has 0 aromatic rings. The van der Waals surface area contributed by atoms with Crippen molar-refractivity contribution < 1.29 is 9.53 Å². The number of piperidine rings is 1. The van der Waals surface area contributed by atoms with Crippen LogP contribution in [0.4, 0.5) is 0 Å². The van der Waals surface area contributed by atoms with Gasteiger partial charge in [-0.15, -0.1) is 0 Å². The monoisotopic (exact) mass is 256 g/mol. The minimum absolute atomic E-state index is 0.121. The third-order valence-electron chi connectivity index (χ3n) is 3.97. The molecule has 4 nitrogen and oxygen atoms in total. The van der Waals surface area contributed by atoms with Gasteiger partial charge in [-0.3, -0.25) is 4.79 Å². The fraction of sp³-hybridized carbons (Fsp3) is 0.929. The molecule has 1 heterocycles. The van der Waals surface area contributed by atoms with Crippen LogP contribution in [0.3, 0.4) is 0 Å². The molecule has 1 aliphatic rings. The minimum atomic E-state index is 0.121. The number of methoxy groups -OCH3 is 1. The summed E-state index contributed by atoms with van der Waals surface area (Å²) in [4.78, 5) is 13.6. The maximum atomic E-state index is 11.6. The van der Waals surface area contributed by atoms with E-state index >= 15 is 0 Å². The average molecular weight is 256 g/mol. The van der Waals surface area contributed by atoms with Crippen molar-refractivity contribution in [2.24, 2.45) is 5.92 Å². The fourth-order valence-electron chi connectivity index (χ4n) is 2.46. The van der Waals surface area contributed by atoms with Gasteiger partial charge in [0.25, 0.3) is 0 Å². The first kappa shape index (κ1) is 15.4. The second kappa shape index (κ2) is 8.48. The average Bonchev–Trinajstić information content (AvgIpc) is 2.41. The number of nitrogens with one attached hydrogen (secondary N) is 1. The summed E-state index contributed by atoms with van der Waals surface area (Å²) in [5.74, 6) is 0.911. The number of hydrogen-bond donors (Lipinski definition) is 1. The van der Waals surface area contributed by atoms with Gasteiger partial charge in [-0.1, -0.05) is 26.7 Å². The first-order valence-corrected chi connectivity index (χ1v) is 7.21. The first-order valence-electron chi connectivity index (χ1n) is 7.21. The summed E-state index contributed by atoms with van der Waals surface area (Å²) >= 11 is 0. The molecule has 4 heteroatoms. The number of carbonyl (C=O) groups excluding carboxylic acids is 1. The Morgan fingerprint density at radius 1 is 1.33 bits per heavy atom. The summed E-state index contributed by atoms with van der Waals surface area (Å²) < 4.78 is 4.88. The Kier molecular flexibility index (Phi) is 7.28. The predicted octanol–water partition coefficient (Wildman–Crippen LogP) is 1.65. The molecule has 18 heavy (non-hydrogen) atoms. The lowest BCUT2D eigenvalue weighted by molar-refractivity contribution is -0.136. The number of hydrogen-bond acceptors (Lipinski definition) is 3. The van der Waals surface area contributed by atoms with Crippen LogP contribution in [0.25, 0.3) is 0 Å². The SMILES string of the molecule is CCC(CC)CNC1CCN(C(=O)COC)CC1. The van der Waals surface area contributed by atoms with Gasteiger partial charge in [-0.05, 0) is 25.3 Å². The molecule has 1 fully saturated rings. The summed E-state index contributed by atoms with van der Waals surface area (Å²) in [5.41, 5.74) is 0. The maximum absolute atomic E-state index is 11.6. The smallest absolute Gasteiger partial charge is 0.248 e. The minimum Gasteiger partial charge on any atom is -0.375 e. The van der Waals surface area contributed by atoms with E-state index < -0.39 is 0 Å². The molecular weight excluding hydrogens is 228 g/mol. The van der Waals surface area contributed by atoms with E-state index in [0.29, 0.717) is 6.04 Å². The van der Waals surface area contributed by atoms with Crippen LogP contribution in [0.1, 0.15) is 39.5 Å². The number of likely N-dealkylation sites (tertiary alicyclic amines) is 1. The molecule has 0 saturated carbocycles. The van der Waals surface area contributed by atoms with Crippen molar-refractivity contribution in [2.45, 2.75) is 45.6 Å². The second-order valence-corrected chi connectivity index (χ2v) is 5.18. The van der Waals surface area contributed by atoms with E-state index in [4.69, 9.17) is 4.74 Å². The summed E-state index contributed by atoms with van der Waals surface area (Å²) in [7, 11) is 1.57. The summed E-state index contributed by atoms with van der Waals surface area (Å²) in [6.07, 6.45) is 4.62. The molecule has 1 N–H and O–H groups in total. The Morgan fingerprint density at radius 3 is 2.44 bits per heavy atom. The zero-order chi connectivity index (χ0) is 13.4. The number of nitrogens with zero attached hydrogens (tertiary/aromatic N) is 1. The van der Waals surface area contributed by atoms with Crippen molar-refractivity contribution in [1.82, 2.24) is 10.2 Å². The largest absolute Gasteiger partial charge is 0.375 e. The summed E-state index contributed by atoms with van der Waals surface area (Å²) in [5, 5.41) is 3.65. The van der Waals surface area contributed by atoms with Crippen LogP contribution in [-0.2, 0) is 9.53 Å². The van der Waals surface area contributed by atoms with Crippen LogP contribution >= 0.6 is 0 Å². The normalized spacial score (nSPS) is 17.4. The molecular formula is C14H28N2O2. The van der Waals surface area contributed by atoms with Gasteiger partial charge in [0, 0.05) is 26.2 Å². The summed E-state index contributed by atoms with van der Waals surface area (Å²) in [6, 6.07) is 0.581. The predicted molar refractivity (Wildman–Crippen MR) is 73.6 cm³/mol. The second-order valence-electron chi connectivity index (χ2n) is 5.18. The van der Waals surface area contributed by atoms with Gasteiger partial charge in [-0.2, -0.15) is 0 Å². The highest BCUT2D eigenvalue weighted by Crippen LogP contribution is 2.12. The molecule has 1 amide bonds. The molecule has 0 aliphatic carbocycles. The molecule has 1 rings (SSSR count). The first-order chi connectivity index (χ1) is 8.71. The Balaban J connectivity index is 2.21. The molecule has 0 unspecified atom stereocenters. The number of carbonyl (C=O) groups is 1. The van der Waals surface area contributed by atoms with E-state index in [1.165, 1.54) is 12.8 Å². The third-order valence-corrected chi connectivity index (χ3v) is 3.97. The molecule has 1 aliphatic heterocycles. The van der Waals surface area contributed by atoms with Gasteiger partial charge >= 0.3 is 0 Å². The summed E-state index contributed by atoms with van der Waals surface area (Å²) in [6.45, 7) is 7.56. The van der Waals surface area contributed by atoms with Crippen molar-refractivity contribution in [1.29, 1.82) is 0 Å². The van der Waals surface area contributed by atoms with Crippen LogP contribution in [0.5, 0.6) is 0 Å². The number of amides is 1. The van der Waals surface area contributed by atoms with Crippen molar-refractivity contribution >= 4 is 5.91 Å². The lowest BCUT2D eigenvalue weighted by atomic mass is 10.0. The van der Waals surface area contributed by atoms with Crippen molar-refractivity contribution in [3.8, 4) is 0 Å². The van der Waals surface area contributed by atoms with Gasteiger partial charge in [0.05, 0.1) is 0 Å². The third kappa shape index (κ3) is 4.94. The van der Waals surface area contributed by atoms with E-state index in [2.05, 4.69) is 19.2 Å². The molecule has 0 aromatic carbocycles. The van der Waals surface area contributed by atoms with E-state index in [-0.39, 0.29) is 12.5 Å². The Labute approximate surface area is 111 Å². The Bertz CT molecular complexity index is 234. The number of rotatable bonds is 7. The highest BCUT2D eigenvalue weighted by Gasteiger charge is 2.22. The van der Waals surface area contributed by atoms with Gasteiger partial charge in [0.15, 0.2) is 0 Å². The highest BCUT2D eigenvalue weighted by atomic mass is 16.5. The van der Waals surface area contributed by atoms with Crippen LogP contribution in [0, 0.1) is 5.92 Å². The lowest BCUT2D eigenvalue weighted by Crippen LogP contribution is -2.46. The van der Waals surface area contributed by atoms with E-state index in [1.807, 2.05) is 4.90 Å². The van der Waals surface area contributed by atoms with Crippen LogP contribution in [0.2, 0.25) is 0 Å². The van der Waals surface area contributed by atoms with Crippen molar-refractivity contribution in [3.05, 3.63) is 0 Å². The van der Waals surface area contributed by atoms with Crippen LogP contribution in [-0.4, -0.2) is 50.2 Å². The zero-order valence-corrected chi connectivity index (χ0v) is 12.1. The quantitative estimate of drug-likeness (QED) is 0.753. The molecule has 0 aromatic heterocycles. The van der Waals surface area contributed by atoms with E-state index in [0.717, 1.165) is 38.4 Å². The van der Waals surface area contributed by atoms with Gasteiger partial charge in [-0.25, -0.2) is 0 Å². The topological polar surface area (TPSA) is 41.6 Å². The molecule has 1 saturated heterocycles. The van der Waals surface area contributed by atoms with Crippen LogP contribution in [0.15, 0.2) is 0 Å². The molecule has 0 spiro atoms. The Hall–Kier alpha value is -0.610. The molecule has 0 bridgehead atoms. The lowest BCUT2D eigenvalue weighted by Gasteiger charge is -2.33. The van der Waals surface area contributed by atoms with E-state index in [9.17, 15) is 4.79 Å². The molecule has 0 atom stereocenters. The maximum Gasteiger partial charge on any atom is 0.248 e. The van der Waals surface area contributed by atoms with Crippen molar-refractivity contribution in [3.63, 3.8) is 0 Å². The number of ether oxygens (including phenoxy) is 1.